The highest BCUT2D eigenvalue weighted by Crippen LogP contribution is 2.63. The van der Waals surface area contributed by atoms with Crippen LogP contribution in [-0.4, -0.2) is 29.3 Å². The Morgan fingerprint density at radius 3 is 2.39 bits per heavy atom. The van der Waals surface area contributed by atoms with E-state index in [1.54, 1.807) is 0 Å². The average molecular weight is 241 g/mol. The Hall–Kier alpha value is -1.42. The van der Waals surface area contributed by atoms with Crippen LogP contribution in [0.1, 0.15) is 12.0 Å². The van der Waals surface area contributed by atoms with Crippen molar-refractivity contribution in [2.24, 2.45) is 22.1 Å². The van der Waals surface area contributed by atoms with Crippen LogP contribution in [0.15, 0.2) is 34.5 Å². The second-order valence-electron chi connectivity index (χ2n) is 5.95. The Kier molecular flexibility index (Phi) is 1.55. The van der Waals surface area contributed by atoms with Crippen LogP contribution in [0.3, 0.4) is 0 Å². The van der Waals surface area contributed by atoms with Gasteiger partial charge in [-0.15, -0.1) is 0 Å². The number of hydrogen-bond acceptors (Lipinski definition) is 4. The van der Waals surface area contributed by atoms with E-state index in [1.165, 1.54) is 12.1 Å². The van der Waals surface area contributed by atoms with E-state index in [1.807, 2.05) is 12.1 Å². The first-order valence-electron chi connectivity index (χ1n) is 6.77. The molecule has 2 aliphatic carbocycles. The first-order valence-corrected chi connectivity index (χ1v) is 6.77. The first kappa shape index (κ1) is 9.50. The summed E-state index contributed by atoms with van der Waals surface area (Å²) in [5.74, 6) is 1.43. The van der Waals surface area contributed by atoms with Crippen LogP contribution in [0.4, 0.5) is 5.69 Å². The Bertz CT molecular complexity index is 534. The van der Waals surface area contributed by atoms with E-state index in [-0.39, 0.29) is 6.61 Å². The molecule has 6 atom stereocenters. The summed E-state index contributed by atoms with van der Waals surface area (Å²) >= 11 is 0. The van der Waals surface area contributed by atoms with Gasteiger partial charge >= 0.3 is 0 Å². The SMILES string of the molecule is OCc1ccccc1N1[C@@H]2[C@@H]3C[C@@H]([C@H]4N=N[C@@H]34)[C@@H]21. The number of aliphatic hydroxyl groups is 1. The largest absolute Gasteiger partial charge is 0.392 e. The number of para-hydroxylation sites is 1. The highest BCUT2D eigenvalue weighted by Gasteiger charge is 2.72. The average Bonchev–Trinajstić information content (AvgIpc) is 2.93. The topological polar surface area (TPSA) is 48.0 Å². The standard InChI is InChI=1S/C14H15N3O/c18-6-7-3-1-2-4-10(7)17-13-8-5-9(14(13)17)12-11(8)15-16-12/h1-4,8-9,11-14,18H,5-6H2/t8-,9+,11+,12-,13-,14+,17?. The van der Waals surface area contributed by atoms with Gasteiger partial charge in [-0.25, -0.2) is 0 Å². The van der Waals surface area contributed by atoms with E-state index in [9.17, 15) is 5.11 Å². The van der Waals surface area contributed by atoms with Gasteiger partial charge in [-0.05, 0) is 12.5 Å². The van der Waals surface area contributed by atoms with E-state index in [0.717, 1.165) is 5.56 Å². The number of nitrogens with zero attached hydrogens (tertiary/aromatic N) is 3. The molecule has 18 heavy (non-hydrogen) atoms. The Morgan fingerprint density at radius 1 is 1.11 bits per heavy atom. The quantitative estimate of drug-likeness (QED) is 0.799. The fourth-order valence-corrected chi connectivity index (χ4v) is 4.58. The van der Waals surface area contributed by atoms with Crippen molar-refractivity contribution in [3.63, 3.8) is 0 Å². The predicted molar refractivity (Wildman–Crippen MR) is 66.4 cm³/mol. The zero-order valence-corrected chi connectivity index (χ0v) is 9.98. The minimum Gasteiger partial charge on any atom is -0.392 e. The molecule has 1 N–H and O–H groups in total. The zero-order chi connectivity index (χ0) is 11.9. The fourth-order valence-electron chi connectivity index (χ4n) is 4.58. The number of fused-ring (bicyclic) bond motifs is 8. The number of piperidine rings is 1. The summed E-state index contributed by atoms with van der Waals surface area (Å²) in [5, 5.41) is 18.1. The van der Waals surface area contributed by atoms with Gasteiger partial charge in [0.05, 0.1) is 18.7 Å². The molecule has 0 aromatic heterocycles. The number of anilines is 1. The van der Waals surface area contributed by atoms with Gasteiger partial charge in [-0.2, -0.15) is 10.2 Å². The van der Waals surface area contributed by atoms with Crippen molar-refractivity contribution < 1.29 is 5.11 Å². The molecule has 4 heteroatoms. The lowest BCUT2D eigenvalue weighted by molar-refractivity contribution is 0.282. The summed E-state index contributed by atoms with van der Waals surface area (Å²) in [7, 11) is 0. The second-order valence-corrected chi connectivity index (χ2v) is 5.95. The molecule has 1 saturated heterocycles. The van der Waals surface area contributed by atoms with Crippen molar-refractivity contribution in [2.75, 3.05) is 4.90 Å². The fraction of sp³-hybridized carbons (Fsp3) is 0.571. The van der Waals surface area contributed by atoms with Gasteiger partial charge < -0.3 is 10.0 Å². The van der Waals surface area contributed by atoms with Crippen molar-refractivity contribution in [3.05, 3.63) is 29.8 Å². The second kappa shape index (κ2) is 2.94. The third kappa shape index (κ3) is 0.903. The van der Waals surface area contributed by atoms with Gasteiger partial charge in [0.25, 0.3) is 0 Å². The summed E-state index contributed by atoms with van der Waals surface area (Å²) in [6.45, 7) is 0.128. The Labute approximate surface area is 105 Å². The normalized spacial score (nSPS) is 45.7. The van der Waals surface area contributed by atoms with Crippen LogP contribution in [0.25, 0.3) is 0 Å². The van der Waals surface area contributed by atoms with Crippen LogP contribution in [0.2, 0.25) is 0 Å². The van der Waals surface area contributed by atoms with Crippen molar-refractivity contribution in [2.45, 2.75) is 37.2 Å². The highest BCUT2D eigenvalue weighted by atomic mass is 16.3. The summed E-state index contributed by atoms with van der Waals surface area (Å²) < 4.78 is 0. The summed E-state index contributed by atoms with van der Waals surface area (Å²) in [6, 6.07) is 10.6. The van der Waals surface area contributed by atoms with Gasteiger partial charge in [0, 0.05) is 23.1 Å². The maximum Gasteiger partial charge on any atom is 0.100 e. The van der Waals surface area contributed by atoms with Crippen molar-refractivity contribution in [1.29, 1.82) is 0 Å². The number of azo groups is 1. The lowest BCUT2D eigenvalue weighted by Gasteiger charge is -2.27. The molecule has 1 aromatic rings. The summed E-state index contributed by atoms with van der Waals surface area (Å²) in [4.78, 5) is 2.51. The smallest absolute Gasteiger partial charge is 0.100 e. The molecule has 92 valence electrons. The lowest BCUT2D eigenvalue weighted by Crippen LogP contribution is -2.39. The molecular weight excluding hydrogens is 226 g/mol. The molecular formula is C14H15N3O. The van der Waals surface area contributed by atoms with Crippen molar-refractivity contribution in [1.82, 2.24) is 0 Å². The van der Waals surface area contributed by atoms with Crippen LogP contribution in [0.5, 0.6) is 0 Å². The zero-order valence-electron chi connectivity index (χ0n) is 9.98. The predicted octanol–water partition coefficient (Wildman–Crippen LogP) is 1.59. The van der Waals surface area contributed by atoms with Crippen LogP contribution < -0.4 is 4.90 Å². The molecule has 2 bridgehead atoms. The Morgan fingerprint density at radius 2 is 1.78 bits per heavy atom. The monoisotopic (exact) mass is 241 g/mol. The molecule has 3 fully saturated rings. The first-order chi connectivity index (χ1) is 8.90. The molecule has 0 radical (unpaired) electrons. The molecule has 2 aliphatic heterocycles. The van der Waals surface area contributed by atoms with E-state index in [4.69, 9.17) is 0 Å². The number of hydrogen-bond donors (Lipinski definition) is 1. The van der Waals surface area contributed by atoms with E-state index in [2.05, 4.69) is 27.3 Å². The van der Waals surface area contributed by atoms with Crippen LogP contribution in [-0.2, 0) is 6.61 Å². The molecule has 2 heterocycles. The van der Waals surface area contributed by atoms with Gasteiger partial charge in [0.2, 0.25) is 0 Å². The molecule has 5 rings (SSSR count). The van der Waals surface area contributed by atoms with Crippen LogP contribution >= 0.6 is 0 Å². The van der Waals surface area contributed by atoms with E-state index in [0.29, 0.717) is 36.0 Å². The molecule has 4 aliphatic rings. The number of rotatable bonds is 2. The van der Waals surface area contributed by atoms with E-state index >= 15 is 0 Å². The molecule has 0 unspecified atom stereocenters. The molecule has 0 amide bonds. The molecule has 2 saturated carbocycles. The van der Waals surface area contributed by atoms with Gasteiger partial charge in [0.15, 0.2) is 0 Å². The maximum absolute atomic E-state index is 9.46. The van der Waals surface area contributed by atoms with Crippen molar-refractivity contribution in [3.8, 4) is 0 Å². The minimum absolute atomic E-state index is 0.128. The third-order valence-electron chi connectivity index (χ3n) is 5.32. The van der Waals surface area contributed by atoms with Gasteiger partial charge in [-0.1, -0.05) is 18.2 Å². The maximum atomic E-state index is 9.46. The molecule has 0 spiro atoms. The lowest BCUT2D eigenvalue weighted by atomic mass is 9.90. The third-order valence-corrected chi connectivity index (χ3v) is 5.32. The Balaban J connectivity index is 1.52. The number of benzene rings is 1. The number of aliphatic hydroxyl groups excluding tert-OH is 1. The molecule has 4 nitrogen and oxygen atoms in total. The van der Waals surface area contributed by atoms with Crippen molar-refractivity contribution >= 4 is 5.69 Å². The minimum atomic E-state index is 0.128. The van der Waals surface area contributed by atoms with Gasteiger partial charge in [-0.3, -0.25) is 0 Å². The summed E-state index contributed by atoms with van der Waals surface area (Å²) in [5.41, 5.74) is 2.28. The highest BCUT2D eigenvalue weighted by molar-refractivity contribution is 5.64. The van der Waals surface area contributed by atoms with Crippen LogP contribution in [0, 0.1) is 11.8 Å². The van der Waals surface area contributed by atoms with Gasteiger partial charge in [0.1, 0.15) is 12.1 Å². The van der Waals surface area contributed by atoms with E-state index < -0.39 is 0 Å². The molecule has 1 aromatic carbocycles. The summed E-state index contributed by atoms with van der Waals surface area (Å²) in [6.07, 6.45) is 1.31.